The zero-order chi connectivity index (χ0) is 25.9. The molecule has 5 rings (SSSR count). The number of pyridine rings is 1. The van der Waals surface area contributed by atoms with Crippen molar-refractivity contribution in [2.75, 3.05) is 20.3 Å². The number of H-pyrrole nitrogens is 1. The van der Waals surface area contributed by atoms with Crippen LogP contribution in [0.4, 0.5) is 0 Å². The number of Topliss-reactive ketones (excluding diaryl/α,β-unsaturated/α-hetero) is 1. The van der Waals surface area contributed by atoms with Crippen LogP contribution >= 0.6 is 0 Å². The maximum absolute atomic E-state index is 13.3. The van der Waals surface area contributed by atoms with Crippen LogP contribution in [0.25, 0.3) is 16.7 Å². The van der Waals surface area contributed by atoms with E-state index in [9.17, 15) is 14.7 Å². The van der Waals surface area contributed by atoms with Gasteiger partial charge in [-0.2, -0.15) is 0 Å². The predicted molar refractivity (Wildman–Crippen MR) is 139 cm³/mol. The average Bonchev–Trinajstić information content (AvgIpc) is 3.45. The van der Waals surface area contributed by atoms with Gasteiger partial charge in [0.25, 0.3) is 11.7 Å². The van der Waals surface area contributed by atoms with Gasteiger partial charge < -0.3 is 24.5 Å². The largest absolute Gasteiger partial charge is 0.507 e. The molecule has 1 saturated heterocycles. The Bertz CT molecular complexity index is 1470. The fourth-order valence-electron chi connectivity index (χ4n) is 4.72. The molecule has 1 fully saturated rings. The third-order valence-corrected chi connectivity index (χ3v) is 6.54. The number of likely N-dealkylation sites (tertiary alicyclic amines) is 1. The summed E-state index contributed by atoms with van der Waals surface area (Å²) in [5.41, 5.74) is 2.89. The number of carbonyl (C=O) groups excluding carboxylic acids is 2. The first kappa shape index (κ1) is 24.1. The lowest BCUT2D eigenvalue weighted by Gasteiger charge is -2.24. The number of benzene rings is 2. The molecule has 188 valence electrons. The number of aliphatic hydroxyl groups excluding tert-OH is 1. The van der Waals surface area contributed by atoms with Gasteiger partial charge in [0.2, 0.25) is 0 Å². The van der Waals surface area contributed by atoms with Gasteiger partial charge in [-0.3, -0.25) is 14.6 Å². The molecule has 4 aromatic rings. The minimum absolute atomic E-state index is 0.0217. The van der Waals surface area contributed by atoms with Gasteiger partial charge in [-0.25, -0.2) is 0 Å². The number of hydrogen-bond acceptors (Lipinski definition) is 6. The Morgan fingerprint density at radius 2 is 1.86 bits per heavy atom. The number of nitrogens with zero attached hydrogens (tertiary/aromatic N) is 2. The Hall–Kier alpha value is -4.59. The summed E-state index contributed by atoms with van der Waals surface area (Å²) in [4.78, 5) is 35.7. The van der Waals surface area contributed by atoms with Crippen molar-refractivity contribution in [1.29, 1.82) is 0 Å². The lowest BCUT2D eigenvalue weighted by Crippen LogP contribution is -2.32. The van der Waals surface area contributed by atoms with Crippen LogP contribution in [0.3, 0.4) is 0 Å². The van der Waals surface area contributed by atoms with Crippen molar-refractivity contribution in [3.63, 3.8) is 0 Å². The summed E-state index contributed by atoms with van der Waals surface area (Å²) in [6.45, 7) is 2.66. The molecule has 0 unspecified atom stereocenters. The zero-order valence-electron chi connectivity index (χ0n) is 20.6. The van der Waals surface area contributed by atoms with Gasteiger partial charge in [-0.15, -0.1) is 0 Å². The van der Waals surface area contributed by atoms with Crippen molar-refractivity contribution >= 4 is 28.4 Å². The number of fused-ring (bicyclic) bond motifs is 1. The van der Waals surface area contributed by atoms with E-state index in [4.69, 9.17) is 9.47 Å². The van der Waals surface area contributed by atoms with E-state index in [0.29, 0.717) is 30.0 Å². The smallest absolute Gasteiger partial charge is 0.295 e. The lowest BCUT2D eigenvalue weighted by molar-refractivity contribution is -0.139. The van der Waals surface area contributed by atoms with Crippen LogP contribution in [-0.4, -0.2) is 51.9 Å². The third-order valence-electron chi connectivity index (χ3n) is 6.54. The number of ether oxygens (including phenoxy) is 2. The second-order valence-electron chi connectivity index (χ2n) is 8.68. The maximum atomic E-state index is 13.3. The van der Waals surface area contributed by atoms with E-state index in [1.807, 2.05) is 31.3 Å². The first-order valence-electron chi connectivity index (χ1n) is 12.1. The molecule has 8 heteroatoms. The molecule has 0 radical (unpaired) electrons. The lowest BCUT2D eigenvalue weighted by atomic mass is 9.98. The Balaban J connectivity index is 1.51. The first-order chi connectivity index (χ1) is 18.0. The number of aromatic nitrogens is 2. The SMILES string of the molecule is CCOc1ccc(C(O)=C2C(=O)C(=O)N(CCc3c[nH]c4ccc(OC)cc34)[C@H]2c2ccccn2)cc1. The Morgan fingerprint density at radius 3 is 2.57 bits per heavy atom. The quantitative estimate of drug-likeness (QED) is 0.209. The second-order valence-corrected chi connectivity index (χ2v) is 8.68. The molecular formula is C29H27N3O5. The summed E-state index contributed by atoms with van der Waals surface area (Å²) >= 11 is 0. The summed E-state index contributed by atoms with van der Waals surface area (Å²) in [5, 5.41) is 12.2. The molecular weight excluding hydrogens is 470 g/mol. The number of carbonyl (C=O) groups is 2. The molecule has 1 amide bonds. The minimum Gasteiger partial charge on any atom is -0.507 e. The number of rotatable bonds is 8. The summed E-state index contributed by atoms with van der Waals surface area (Å²) in [5.74, 6) is -0.256. The predicted octanol–water partition coefficient (Wildman–Crippen LogP) is 4.63. The summed E-state index contributed by atoms with van der Waals surface area (Å²) < 4.78 is 10.8. The highest BCUT2D eigenvalue weighted by molar-refractivity contribution is 6.46. The molecule has 0 bridgehead atoms. The molecule has 2 N–H and O–H groups in total. The zero-order valence-corrected chi connectivity index (χ0v) is 20.6. The molecule has 0 saturated carbocycles. The molecule has 37 heavy (non-hydrogen) atoms. The van der Waals surface area contributed by atoms with Gasteiger partial charge in [0.05, 0.1) is 25.0 Å². The molecule has 0 aliphatic carbocycles. The Kier molecular flexibility index (Phi) is 6.64. The first-order valence-corrected chi connectivity index (χ1v) is 12.1. The molecule has 2 aromatic carbocycles. The molecule has 3 heterocycles. The van der Waals surface area contributed by atoms with Crippen LogP contribution in [-0.2, 0) is 16.0 Å². The van der Waals surface area contributed by atoms with E-state index < -0.39 is 17.7 Å². The van der Waals surface area contributed by atoms with Gasteiger partial charge >= 0.3 is 0 Å². The van der Waals surface area contributed by atoms with Crippen molar-refractivity contribution in [1.82, 2.24) is 14.9 Å². The van der Waals surface area contributed by atoms with Crippen molar-refractivity contribution in [2.45, 2.75) is 19.4 Å². The summed E-state index contributed by atoms with van der Waals surface area (Å²) in [7, 11) is 1.62. The van der Waals surface area contributed by atoms with Gasteiger partial charge in [0.1, 0.15) is 23.3 Å². The van der Waals surface area contributed by atoms with Crippen LogP contribution in [0, 0.1) is 0 Å². The monoisotopic (exact) mass is 497 g/mol. The third kappa shape index (κ3) is 4.53. The second kappa shape index (κ2) is 10.2. The number of ketones is 1. The van der Waals surface area contributed by atoms with E-state index in [1.54, 1.807) is 55.8 Å². The van der Waals surface area contributed by atoms with Crippen LogP contribution < -0.4 is 9.47 Å². The van der Waals surface area contributed by atoms with Gasteiger partial charge in [-0.05, 0) is 73.5 Å². The average molecular weight is 498 g/mol. The van der Waals surface area contributed by atoms with Crippen LogP contribution in [0.2, 0.25) is 0 Å². The Morgan fingerprint density at radius 1 is 1.08 bits per heavy atom. The van der Waals surface area contributed by atoms with Gasteiger partial charge in [0.15, 0.2) is 0 Å². The molecule has 2 aromatic heterocycles. The van der Waals surface area contributed by atoms with E-state index in [-0.39, 0.29) is 17.9 Å². The number of amides is 1. The topological polar surface area (TPSA) is 105 Å². The summed E-state index contributed by atoms with van der Waals surface area (Å²) in [6, 6.07) is 17.0. The highest BCUT2D eigenvalue weighted by Gasteiger charge is 2.46. The molecule has 8 nitrogen and oxygen atoms in total. The highest BCUT2D eigenvalue weighted by atomic mass is 16.5. The van der Waals surface area contributed by atoms with E-state index >= 15 is 0 Å². The summed E-state index contributed by atoms with van der Waals surface area (Å²) in [6.07, 6.45) is 4.00. The van der Waals surface area contributed by atoms with Crippen molar-refractivity contribution in [3.8, 4) is 11.5 Å². The van der Waals surface area contributed by atoms with Crippen LogP contribution in [0.5, 0.6) is 11.5 Å². The van der Waals surface area contributed by atoms with Gasteiger partial charge in [0, 0.05) is 35.4 Å². The molecule has 1 aliphatic rings. The number of methoxy groups -OCH3 is 1. The normalized spacial score (nSPS) is 16.9. The standard InChI is InChI=1S/C29H27N3O5/c1-3-37-20-9-7-18(8-10-20)27(33)25-26(24-6-4-5-14-30-24)32(29(35)28(25)34)15-13-19-17-31-23-12-11-21(36-2)16-22(19)23/h4-12,14,16-17,26,31,33H,3,13,15H2,1-2H3/t26-/m0/s1. The molecule has 1 atom stereocenters. The van der Waals surface area contributed by atoms with E-state index in [2.05, 4.69) is 9.97 Å². The van der Waals surface area contributed by atoms with Gasteiger partial charge in [-0.1, -0.05) is 6.07 Å². The molecule has 0 spiro atoms. The van der Waals surface area contributed by atoms with Crippen molar-refractivity contribution < 1.29 is 24.2 Å². The van der Waals surface area contributed by atoms with Crippen molar-refractivity contribution in [3.05, 3.63) is 95.5 Å². The highest BCUT2D eigenvalue weighted by Crippen LogP contribution is 2.39. The van der Waals surface area contributed by atoms with E-state index in [0.717, 1.165) is 22.2 Å². The molecule has 1 aliphatic heterocycles. The van der Waals surface area contributed by atoms with E-state index in [1.165, 1.54) is 4.90 Å². The van der Waals surface area contributed by atoms with Crippen LogP contribution in [0.15, 0.2) is 78.6 Å². The Labute approximate surface area is 214 Å². The number of hydrogen-bond donors (Lipinski definition) is 2. The minimum atomic E-state index is -0.812. The number of aliphatic hydroxyl groups is 1. The fourth-order valence-corrected chi connectivity index (χ4v) is 4.72. The van der Waals surface area contributed by atoms with Crippen molar-refractivity contribution in [2.24, 2.45) is 0 Å². The number of aromatic amines is 1. The fraction of sp³-hybridized carbons (Fsp3) is 0.207. The number of nitrogens with one attached hydrogen (secondary N) is 1. The van der Waals surface area contributed by atoms with Crippen LogP contribution in [0.1, 0.15) is 29.8 Å². The maximum Gasteiger partial charge on any atom is 0.295 e.